The average Bonchev–Trinajstić information content (AvgIpc) is 3.10. The van der Waals surface area contributed by atoms with Gasteiger partial charge in [0.2, 0.25) is 5.82 Å². The number of ether oxygens (including phenoxy) is 1. The molecule has 0 amide bonds. The molecule has 2 aliphatic heterocycles. The number of H-pyrrole nitrogens is 1. The van der Waals surface area contributed by atoms with E-state index in [1.54, 1.807) is 18.2 Å². The van der Waals surface area contributed by atoms with Gasteiger partial charge in [0.15, 0.2) is 0 Å². The summed E-state index contributed by atoms with van der Waals surface area (Å²) in [5.74, 6) is -1.16. The molecule has 13 heteroatoms. The maximum atomic E-state index is 13.5. The smallest absolute Gasteiger partial charge is 0.390 e. The van der Waals surface area contributed by atoms with Crippen molar-refractivity contribution in [2.24, 2.45) is 0 Å². The van der Waals surface area contributed by atoms with Gasteiger partial charge >= 0.3 is 13.9 Å². The summed E-state index contributed by atoms with van der Waals surface area (Å²) in [5, 5.41) is 10.8. The van der Waals surface area contributed by atoms with Crippen LogP contribution in [-0.2, 0) is 18.3 Å². The van der Waals surface area contributed by atoms with E-state index in [0.717, 1.165) is 10.1 Å². The molecule has 2 saturated heterocycles. The van der Waals surface area contributed by atoms with Crippen molar-refractivity contribution >= 4 is 19.8 Å². The van der Waals surface area contributed by atoms with Crippen LogP contribution in [0, 0.1) is 5.82 Å². The number of nitrogens with one attached hydrogen (secondary N) is 1. The molecule has 168 valence electrons. The number of aliphatic hydroxyl groups excluding tert-OH is 1. The van der Waals surface area contributed by atoms with Gasteiger partial charge in [-0.05, 0) is 17.7 Å². The van der Waals surface area contributed by atoms with Crippen LogP contribution in [-0.4, -0.2) is 45.0 Å². The highest BCUT2D eigenvalue weighted by atomic mass is 35.5. The molecular weight excluding hydrogens is 458 g/mol. The van der Waals surface area contributed by atoms with E-state index >= 15 is 0 Å². The van der Waals surface area contributed by atoms with Gasteiger partial charge in [-0.3, -0.25) is 14.3 Å². The summed E-state index contributed by atoms with van der Waals surface area (Å²) in [7, 11) is -3.70. The Morgan fingerprint density at radius 1 is 1.39 bits per heavy atom. The first kappa shape index (κ1) is 22.5. The van der Waals surface area contributed by atoms with E-state index in [2.05, 4.69) is 0 Å². The monoisotopic (exact) mass is 477 g/mol. The minimum absolute atomic E-state index is 0.0524. The number of aromatic nitrogens is 2. The molecule has 0 aliphatic carbocycles. The van der Waals surface area contributed by atoms with Crippen LogP contribution >= 0.6 is 19.8 Å². The van der Waals surface area contributed by atoms with Crippen molar-refractivity contribution in [1.29, 1.82) is 0 Å². The number of nitrogens with zero attached hydrogens (tertiary/aromatic N) is 1. The summed E-state index contributed by atoms with van der Waals surface area (Å²) in [6.07, 6.45) is -2.40. The Balaban J connectivity index is 1.40. The lowest BCUT2D eigenvalue weighted by Gasteiger charge is -2.26. The highest BCUT2D eigenvalue weighted by Crippen LogP contribution is 2.64. The van der Waals surface area contributed by atoms with Crippen LogP contribution in [0.25, 0.3) is 0 Å². The molecule has 0 bridgehead atoms. The van der Waals surface area contributed by atoms with E-state index in [9.17, 15) is 24.0 Å². The van der Waals surface area contributed by atoms with Gasteiger partial charge in [-0.15, -0.1) is 4.52 Å². The number of benzene rings is 1. The zero-order valence-electron chi connectivity index (χ0n) is 16.0. The Bertz CT molecular complexity index is 1070. The molecular formula is C18H20ClFN2O8P+. The summed E-state index contributed by atoms with van der Waals surface area (Å²) in [6.45, 7) is -0.116. The first-order valence-electron chi connectivity index (χ1n) is 9.43. The van der Waals surface area contributed by atoms with Crippen molar-refractivity contribution in [1.82, 2.24) is 9.55 Å². The lowest BCUT2D eigenvalue weighted by atomic mass is 10.1. The van der Waals surface area contributed by atoms with Crippen LogP contribution in [0.3, 0.4) is 0 Å². The number of rotatable bonds is 5. The Morgan fingerprint density at radius 3 is 2.97 bits per heavy atom. The fourth-order valence-corrected chi connectivity index (χ4v) is 5.01. The van der Waals surface area contributed by atoms with Crippen molar-refractivity contribution in [2.45, 2.75) is 37.4 Å². The minimum Gasteiger partial charge on any atom is -0.390 e. The summed E-state index contributed by atoms with van der Waals surface area (Å²) in [5.41, 5.74) is -1.26. The number of aliphatic hydroxyl groups is 1. The van der Waals surface area contributed by atoms with Gasteiger partial charge in [0.25, 0.3) is 5.56 Å². The summed E-state index contributed by atoms with van der Waals surface area (Å²) >= 11 is 6.01. The molecule has 2 fully saturated rings. The molecule has 2 aliphatic rings. The first-order chi connectivity index (χ1) is 14.7. The van der Waals surface area contributed by atoms with Gasteiger partial charge in [-0.1, -0.05) is 23.7 Å². The number of hydrogen-bond donors (Lipinski definition) is 3. The molecule has 2 unspecified atom stereocenters. The first-order valence-corrected chi connectivity index (χ1v) is 11.3. The minimum atomic E-state index is -3.70. The molecule has 10 nitrogen and oxygen atoms in total. The standard InChI is InChI=1S/C18H19ClFN2O8P/c19-11-3-1-2-10(6-11)14-4-5-27-31(26,30-14)28-9-15-13(23)7-16(29-15)22-8-12(20)17(24)21-18(22)25/h1-3,6,8,13-16,23,26H,4-5,7,9H2/p+1/t13-,14?,15+,16+,31?/m0/s1. The second-order valence-electron chi connectivity index (χ2n) is 7.11. The van der Waals surface area contributed by atoms with E-state index in [0.29, 0.717) is 17.6 Å². The molecule has 31 heavy (non-hydrogen) atoms. The van der Waals surface area contributed by atoms with Crippen LogP contribution in [0.2, 0.25) is 5.02 Å². The van der Waals surface area contributed by atoms with E-state index in [-0.39, 0.29) is 19.6 Å². The van der Waals surface area contributed by atoms with Crippen LogP contribution in [0.5, 0.6) is 0 Å². The maximum absolute atomic E-state index is 13.5. The number of hydrogen-bond acceptors (Lipinski definition) is 8. The van der Waals surface area contributed by atoms with Gasteiger partial charge in [-0.25, -0.2) is 4.79 Å². The number of aromatic amines is 1. The highest BCUT2D eigenvalue weighted by molar-refractivity contribution is 7.55. The van der Waals surface area contributed by atoms with Gasteiger partial charge in [0.1, 0.15) is 31.6 Å². The normalized spacial score (nSPS) is 31.1. The van der Waals surface area contributed by atoms with Crippen LogP contribution < -0.4 is 11.2 Å². The predicted octanol–water partition coefficient (Wildman–Crippen LogP) is 1.84. The zero-order valence-corrected chi connectivity index (χ0v) is 17.7. The van der Waals surface area contributed by atoms with Crippen LogP contribution in [0.1, 0.15) is 30.7 Å². The third kappa shape index (κ3) is 5.05. The average molecular weight is 478 g/mol. The molecule has 0 radical (unpaired) electrons. The second-order valence-corrected chi connectivity index (χ2v) is 9.21. The molecule has 1 aromatic carbocycles. The lowest BCUT2D eigenvalue weighted by molar-refractivity contribution is -0.0622. The SMILES string of the molecule is O=c1[nH]c(=O)n([C@H]2C[C@H](O)[C@@H](CO[P+]3(O)OCCC(c4cccc(Cl)c4)O3)O2)cc1F. The zero-order chi connectivity index (χ0) is 22.2. The van der Waals surface area contributed by atoms with Gasteiger partial charge in [0, 0.05) is 17.9 Å². The molecule has 1 aromatic heterocycles. The molecule has 4 rings (SSSR count). The molecule has 0 spiro atoms. The maximum Gasteiger partial charge on any atom is 0.573 e. The van der Waals surface area contributed by atoms with E-state index < -0.39 is 49.8 Å². The van der Waals surface area contributed by atoms with Gasteiger partial charge in [-0.2, -0.15) is 18.3 Å². The Hall–Kier alpha value is -1.69. The quantitative estimate of drug-likeness (QED) is 0.556. The van der Waals surface area contributed by atoms with Crippen molar-refractivity contribution in [3.63, 3.8) is 0 Å². The van der Waals surface area contributed by atoms with Crippen molar-refractivity contribution in [3.8, 4) is 0 Å². The fraction of sp³-hybridized carbons (Fsp3) is 0.444. The lowest BCUT2D eigenvalue weighted by Crippen LogP contribution is -2.34. The predicted molar refractivity (Wildman–Crippen MR) is 107 cm³/mol. The largest absolute Gasteiger partial charge is 0.573 e. The van der Waals surface area contributed by atoms with E-state index in [1.807, 2.05) is 11.1 Å². The molecule has 2 aromatic rings. The molecule has 3 N–H and O–H groups in total. The highest BCUT2D eigenvalue weighted by Gasteiger charge is 2.52. The van der Waals surface area contributed by atoms with Crippen LogP contribution in [0.4, 0.5) is 4.39 Å². The third-order valence-electron chi connectivity index (χ3n) is 4.96. The van der Waals surface area contributed by atoms with Crippen LogP contribution in [0.15, 0.2) is 40.1 Å². The van der Waals surface area contributed by atoms with Crippen molar-refractivity contribution in [2.75, 3.05) is 13.2 Å². The van der Waals surface area contributed by atoms with Crippen molar-refractivity contribution < 1.29 is 32.7 Å². The summed E-state index contributed by atoms with van der Waals surface area (Å²) in [6, 6.07) is 7.01. The Kier molecular flexibility index (Phi) is 6.57. The van der Waals surface area contributed by atoms with E-state index in [4.69, 9.17) is 29.9 Å². The summed E-state index contributed by atoms with van der Waals surface area (Å²) < 4.78 is 36.4. The third-order valence-corrected chi connectivity index (χ3v) is 6.70. The molecule has 5 atom stereocenters. The van der Waals surface area contributed by atoms with Crippen molar-refractivity contribution in [3.05, 3.63) is 67.7 Å². The fourth-order valence-electron chi connectivity index (χ4n) is 3.40. The van der Waals surface area contributed by atoms with Gasteiger partial charge < -0.3 is 9.84 Å². The topological polar surface area (TPSA) is 132 Å². The Morgan fingerprint density at radius 2 is 2.19 bits per heavy atom. The van der Waals surface area contributed by atoms with Gasteiger partial charge in [0.05, 0.1) is 12.3 Å². The second kappa shape index (κ2) is 9.05. The molecule has 0 saturated carbocycles. The molecule has 3 heterocycles. The van der Waals surface area contributed by atoms with E-state index in [1.165, 1.54) is 0 Å². The number of halogens is 2. The summed E-state index contributed by atoms with van der Waals surface area (Å²) in [4.78, 5) is 35.6. The Labute approximate surface area is 180 Å².